The molecule has 0 amide bonds. The summed E-state index contributed by atoms with van der Waals surface area (Å²) in [5, 5.41) is 0. The summed E-state index contributed by atoms with van der Waals surface area (Å²) in [7, 11) is 0. The van der Waals surface area contributed by atoms with Crippen molar-refractivity contribution in [3.63, 3.8) is 0 Å². The molecule has 0 fully saturated rings. The van der Waals surface area contributed by atoms with Crippen molar-refractivity contribution in [1.29, 1.82) is 0 Å². The predicted molar refractivity (Wildman–Crippen MR) is 66.3 cm³/mol. The van der Waals surface area contributed by atoms with Crippen molar-refractivity contribution in [2.45, 2.75) is 26.2 Å². The molecule has 1 nitrogen and oxygen atoms in total. The number of aromatic nitrogens is 1. The van der Waals surface area contributed by atoms with Gasteiger partial charge >= 0.3 is 0 Å². The maximum atomic E-state index is 4.09. The Kier molecular flexibility index (Phi) is 3.17. The van der Waals surface area contributed by atoms with Gasteiger partial charge in [0.05, 0.1) is 10.4 Å². The largest absolute Gasteiger partial charge is 0.252 e. The fourth-order valence-corrected chi connectivity index (χ4v) is 2.20. The van der Waals surface area contributed by atoms with E-state index >= 15 is 0 Å². The van der Waals surface area contributed by atoms with E-state index in [2.05, 4.69) is 43.1 Å². The highest BCUT2D eigenvalue weighted by molar-refractivity contribution is 7.13. The van der Waals surface area contributed by atoms with E-state index in [0.717, 1.165) is 0 Å². The van der Waals surface area contributed by atoms with Crippen molar-refractivity contribution in [1.82, 2.24) is 4.98 Å². The predicted octanol–water partition coefficient (Wildman–Crippen LogP) is 4.32. The van der Waals surface area contributed by atoms with E-state index in [-0.39, 0.29) is 0 Å². The van der Waals surface area contributed by atoms with Gasteiger partial charge in [-0.15, -0.1) is 11.3 Å². The molecule has 0 bridgehead atoms. The second-order valence-corrected chi connectivity index (χ2v) is 4.68. The summed E-state index contributed by atoms with van der Waals surface area (Å²) in [5.41, 5.74) is 4.56. The third-order valence-electron chi connectivity index (χ3n) is 2.81. The van der Waals surface area contributed by atoms with Crippen LogP contribution in [0.4, 0.5) is 0 Å². The quantitative estimate of drug-likeness (QED) is 0.746. The number of benzene rings is 1. The van der Waals surface area contributed by atoms with Gasteiger partial charge in [0.15, 0.2) is 0 Å². The zero-order valence-electron chi connectivity index (χ0n) is 9.10. The molecule has 0 aliphatic carbocycles. The van der Waals surface area contributed by atoms with Crippen LogP contribution in [0.2, 0.25) is 0 Å². The van der Waals surface area contributed by atoms with Gasteiger partial charge in [-0.25, -0.2) is 0 Å². The summed E-state index contributed by atoms with van der Waals surface area (Å²) in [6.07, 6.45) is 3.11. The Morgan fingerprint density at radius 1 is 1.27 bits per heavy atom. The van der Waals surface area contributed by atoms with E-state index in [4.69, 9.17) is 0 Å². The Balaban J connectivity index is 2.25. The van der Waals surface area contributed by atoms with Gasteiger partial charge in [-0.05, 0) is 23.5 Å². The lowest BCUT2D eigenvalue weighted by atomic mass is 9.97. The molecule has 0 aliphatic rings. The Bertz CT molecular complexity index is 403. The first-order valence-electron chi connectivity index (χ1n) is 5.30. The molecule has 78 valence electrons. The van der Waals surface area contributed by atoms with E-state index < -0.39 is 0 Å². The second-order valence-electron chi connectivity index (χ2n) is 3.80. The van der Waals surface area contributed by atoms with Crippen LogP contribution in [-0.2, 0) is 0 Å². The van der Waals surface area contributed by atoms with Gasteiger partial charge in [-0.2, -0.15) is 0 Å². The lowest BCUT2D eigenvalue weighted by Crippen LogP contribution is -1.90. The molecule has 15 heavy (non-hydrogen) atoms. The van der Waals surface area contributed by atoms with Crippen LogP contribution in [0.1, 0.15) is 31.7 Å². The minimum atomic E-state index is 0.653. The van der Waals surface area contributed by atoms with E-state index in [9.17, 15) is 0 Å². The van der Waals surface area contributed by atoms with Crippen LogP contribution in [0.15, 0.2) is 36.0 Å². The number of hydrogen-bond donors (Lipinski definition) is 0. The Hall–Kier alpha value is -1.15. The molecule has 1 aromatic heterocycles. The van der Waals surface area contributed by atoms with E-state index in [0.29, 0.717) is 5.92 Å². The Morgan fingerprint density at radius 2 is 2.00 bits per heavy atom. The summed E-state index contributed by atoms with van der Waals surface area (Å²) in [6.45, 7) is 4.49. The molecule has 1 unspecified atom stereocenters. The summed E-state index contributed by atoms with van der Waals surface area (Å²) in [5.74, 6) is 0.653. The molecule has 0 radical (unpaired) electrons. The zero-order valence-corrected chi connectivity index (χ0v) is 9.92. The van der Waals surface area contributed by atoms with Gasteiger partial charge in [0.25, 0.3) is 0 Å². The smallest absolute Gasteiger partial charge is 0.0797 e. The first-order chi connectivity index (χ1) is 7.31. The van der Waals surface area contributed by atoms with E-state index in [1.165, 1.54) is 22.4 Å². The molecule has 1 heterocycles. The van der Waals surface area contributed by atoms with Gasteiger partial charge < -0.3 is 0 Å². The Morgan fingerprint density at radius 3 is 2.53 bits per heavy atom. The zero-order chi connectivity index (χ0) is 10.7. The summed E-state index contributed by atoms with van der Waals surface area (Å²) in [4.78, 5) is 5.33. The van der Waals surface area contributed by atoms with Crippen molar-refractivity contribution in [3.05, 3.63) is 41.5 Å². The molecule has 2 heteroatoms. The van der Waals surface area contributed by atoms with Gasteiger partial charge in [-0.1, -0.05) is 38.1 Å². The SMILES string of the molecule is CCC(C)c1ccc(-c2cncs2)cc1. The molecule has 2 rings (SSSR count). The fraction of sp³-hybridized carbons (Fsp3) is 0.308. The van der Waals surface area contributed by atoms with Crippen LogP contribution in [-0.4, -0.2) is 4.98 Å². The van der Waals surface area contributed by atoms with Crippen LogP contribution in [0, 0.1) is 0 Å². The molecule has 0 aliphatic heterocycles. The fourth-order valence-electron chi connectivity index (χ4n) is 1.57. The van der Waals surface area contributed by atoms with Gasteiger partial charge in [-0.3, -0.25) is 4.98 Å². The number of nitrogens with zero attached hydrogens (tertiary/aromatic N) is 1. The monoisotopic (exact) mass is 217 g/mol. The normalized spacial score (nSPS) is 12.7. The average molecular weight is 217 g/mol. The van der Waals surface area contributed by atoms with Crippen molar-refractivity contribution < 1.29 is 0 Å². The third kappa shape index (κ3) is 2.26. The number of thiazole rings is 1. The van der Waals surface area contributed by atoms with E-state index in [1.807, 2.05) is 11.7 Å². The first-order valence-corrected chi connectivity index (χ1v) is 6.18. The van der Waals surface area contributed by atoms with E-state index in [1.54, 1.807) is 11.3 Å². The van der Waals surface area contributed by atoms with Crippen molar-refractivity contribution in [2.75, 3.05) is 0 Å². The third-order valence-corrected chi connectivity index (χ3v) is 3.63. The first kappa shape index (κ1) is 10.4. The molecule has 2 aromatic rings. The maximum absolute atomic E-state index is 4.09. The standard InChI is InChI=1S/C13H15NS/c1-3-10(2)11-4-6-12(7-5-11)13-8-14-9-15-13/h4-10H,3H2,1-2H3. The second kappa shape index (κ2) is 4.58. The number of rotatable bonds is 3. The molecule has 1 atom stereocenters. The lowest BCUT2D eigenvalue weighted by Gasteiger charge is -2.08. The highest BCUT2D eigenvalue weighted by Crippen LogP contribution is 2.26. The maximum Gasteiger partial charge on any atom is 0.0797 e. The lowest BCUT2D eigenvalue weighted by molar-refractivity contribution is 0.734. The minimum Gasteiger partial charge on any atom is -0.252 e. The molecule has 1 aromatic carbocycles. The van der Waals surface area contributed by atoms with Crippen molar-refractivity contribution in [3.8, 4) is 10.4 Å². The molecule has 0 saturated carbocycles. The molecule has 0 N–H and O–H groups in total. The topological polar surface area (TPSA) is 12.9 Å². The molecular weight excluding hydrogens is 202 g/mol. The average Bonchev–Trinajstić information content (AvgIpc) is 2.82. The van der Waals surface area contributed by atoms with Crippen LogP contribution in [0.5, 0.6) is 0 Å². The van der Waals surface area contributed by atoms with Crippen LogP contribution >= 0.6 is 11.3 Å². The Labute approximate surface area is 94.8 Å². The van der Waals surface area contributed by atoms with Crippen LogP contribution in [0.25, 0.3) is 10.4 Å². The number of hydrogen-bond acceptors (Lipinski definition) is 2. The van der Waals surface area contributed by atoms with Gasteiger partial charge in [0, 0.05) is 6.20 Å². The van der Waals surface area contributed by atoms with Gasteiger partial charge in [0.1, 0.15) is 0 Å². The molecular formula is C13H15NS. The minimum absolute atomic E-state index is 0.653. The van der Waals surface area contributed by atoms with Crippen molar-refractivity contribution >= 4 is 11.3 Å². The summed E-state index contributed by atoms with van der Waals surface area (Å²) >= 11 is 1.68. The summed E-state index contributed by atoms with van der Waals surface area (Å²) in [6, 6.07) is 8.83. The van der Waals surface area contributed by atoms with Crippen molar-refractivity contribution in [2.24, 2.45) is 0 Å². The summed E-state index contributed by atoms with van der Waals surface area (Å²) < 4.78 is 0. The molecule has 0 saturated heterocycles. The van der Waals surface area contributed by atoms with Gasteiger partial charge in [0.2, 0.25) is 0 Å². The highest BCUT2D eigenvalue weighted by Gasteiger charge is 2.03. The highest BCUT2D eigenvalue weighted by atomic mass is 32.1. The molecule has 0 spiro atoms. The van der Waals surface area contributed by atoms with Crippen LogP contribution < -0.4 is 0 Å². The van der Waals surface area contributed by atoms with Crippen LogP contribution in [0.3, 0.4) is 0 Å².